The standard InChI is InChI=1S/C25H23N5O2S/c1-15-5-8-19-18(3-2-4-21(19)27-15)20-11-17-14-29(25(32)22-12-26-33-28-22)10-9-23(17)30(24(20)31)13-16-6-7-16/h2-5,8,11-12,16H,6-7,9-10,13-14H2,1H3. The molecule has 0 bridgehead atoms. The van der Waals surface area contributed by atoms with E-state index in [0.717, 1.165) is 51.7 Å². The Bertz CT molecular complexity index is 1440. The maximum absolute atomic E-state index is 13.8. The normalized spacial score (nSPS) is 15.6. The van der Waals surface area contributed by atoms with Crippen molar-refractivity contribution in [2.24, 2.45) is 5.92 Å². The van der Waals surface area contributed by atoms with E-state index in [-0.39, 0.29) is 11.5 Å². The van der Waals surface area contributed by atoms with Gasteiger partial charge in [0.25, 0.3) is 11.5 Å². The Kier molecular flexibility index (Phi) is 4.83. The van der Waals surface area contributed by atoms with Crippen molar-refractivity contribution in [2.75, 3.05) is 6.54 Å². The second-order valence-electron chi connectivity index (χ2n) is 8.98. The van der Waals surface area contributed by atoms with E-state index in [1.165, 1.54) is 19.0 Å². The minimum absolute atomic E-state index is 0.0530. The molecule has 0 N–H and O–H groups in total. The first-order chi connectivity index (χ1) is 16.1. The Hall–Kier alpha value is -3.39. The number of fused-ring (bicyclic) bond motifs is 2. The van der Waals surface area contributed by atoms with E-state index >= 15 is 0 Å². The fourth-order valence-corrected chi connectivity index (χ4v) is 5.16. The molecule has 0 unspecified atom stereocenters. The summed E-state index contributed by atoms with van der Waals surface area (Å²) in [6.45, 7) is 3.76. The summed E-state index contributed by atoms with van der Waals surface area (Å²) in [6.07, 6.45) is 4.53. The molecule has 1 amide bonds. The molecular weight excluding hydrogens is 434 g/mol. The molecule has 1 aliphatic heterocycles. The molecule has 0 atom stereocenters. The molecule has 33 heavy (non-hydrogen) atoms. The quantitative estimate of drug-likeness (QED) is 0.465. The molecule has 1 aromatic carbocycles. The van der Waals surface area contributed by atoms with Crippen molar-refractivity contribution in [3.05, 3.63) is 75.6 Å². The van der Waals surface area contributed by atoms with E-state index in [4.69, 9.17) is 0 Å². The third-order valence-electron chi connectivity index (χ3n) is 6.64. The summed E-state index contributed by atoms with van der Waals surface area (Å²) < 4.78 is 10.1. The maximum Gasteiger partial charge on any atom is 0.275 e. The van der Waals surface area contributed by atoms with Crippen molar-refractivity contribution in [1.29, 1.82) is 0 Å². The summed E-state index contributed by atoms with van der Waals surface area (Å²) in [5.74, 6) is 0.459. The van der Waals surface area contributed by atoms with Gasteiger partial charge in [-0.3, -0.25) is 14.6 Å². The van der Waals surface area contributed by atoms with Crippen LogP contribution in [0.4, 0.5) is 0 Å². The van der Waals surface area contributed by atoms with Crippen molar-refractivity contribution < 1.29 is 4.79 Å². The topological polar surface area (TPSA) is 81.0 Å². The zero-order chi connectivity index (χ0) is 22.5. The number of amides is 1. The lowest BCUT2D eigenvalue weighted by atomic mass is 9.96. The van der Waals surface area contributed by atoms with Gasteiger partial charge in [-0.05, 0) is 55.0 Å². The predicted molar refractivity (Wildman–Crippen MR) is 127 cm³/mol. The molecule has 4 aromatic rings. The minimum Gasteiger partial charge on any atom is -0.332 e. The van der Waals surface area contributed by atoms with E-state index in [2.05, 4.69) is 13.7 Å². The van der Waals surface area contributed by atoms with Crippen LogP contribution in [-0.4, -0.2) is 35.7 Å². The molecule has 1 saturated carbocycles. The van der Waals surface area contributed by atoms with Crippen LogP contribution in [-0.2, 0) is 19.5 Å². The van der Waals surface area contributed by atoms with Crippen LogP contribution in [0, 0.1) is 12.8 Å². The fourth-order valence-electron chi connectivity index (χ4n) is 4.75. The number of hydrogen-bond donors (Lipinski definition) is 0. The summed E-state index contributed by atoms with van der Waals surface area (Å²) >= 11 is 1.04. The lowest BCUT2D eigenvalue weighted by molar-refractivity contribution is 0.0727. The molecule has 4 heterocycles. The van der Waals surface area contributed by atoms with Crippen LogP contribution >= 0.6 is 11.7 Å². The second kappa shape index (κ2) is 7.88. The molecule has 7 nitrogen and oxygen atoms in total. The van der Waals surface area contributed by atoms with Gasteiger partial charge in [0.15, 0.2) is 5.69 Å². The van der Waals surface area contributed by atoms with E-state index in [9.17, 15) is 9.59 Å². The van der Waals surface area contributed by atoms with Gasteiger partial charge < -0.3 is 9.47 Å². The first kappa shape index (κ1) is 20.2. The van der Waals surface area contributed by atoms with E-state index in [1.54, 1.807) is 0 Å². The van der Waals surface area contributed by atoms with Gasteiger partial charge in [0, 0.05) is 48.4 Å². The Labute approximate surface area is 195 Å². The number of carbonyl (C=O) groups excluding carboxylic acids is 1. The van der Waals surface area contributed by atoms with E-state index < -0.39 is 0 Å². The summed E-state index contributed by atoms with van der Waals surface area (Å²) in [7, 11) is 0. The SMILES string of the molecule is Cc1ccc2c(-c3cc4c(n(CC5CC5)c3=O)CCN(C(=O)c3cnsn3)C4)cccc2n1. The predicted octanol–water partition coefficient (Wildman–Crippen LogP) is 3.83. The molecule has 3 aromatic heterocycles. The van der Waals surface area contributed by atoms with Gasteiger partial charge in [0.1, 0.15) is 0 Å². The number of pyridine rings is 2. The monoisotopic (exact) mass is 457 g/mol. The Morgan fingerprint density at radius 1 is 1.18 bits per heavy atom. The molecule has 6 rings (SSSR count). The van der Waals surface area contributed by atoms with Gasteiger partial charge in [0.05, 0.1) is 23.4 Å². The lowest BCUT2D eigenvalue weighted by Gasteiger charge is -2.31. The van der Waals surface area contributed by atoms with Gasteiger partial charge >= 0.3 is 0 Å². The van der Waals surface area contributed by atoms with Gasteiger partial charge in [-0.2, -0.15) is 8.75 Å². The van der Waals surface area contributed by atoms with Crippen molar-refractivity contribution in [1.82, 2.24) is 23.2 Å². The van der Waals surface area contributed by atoms with Crippen LogP contribution in [0.2, 0.25) is 0 Å². The summed E-state index contributed by atoms with van der Waals surface area (Å²) in [6, 6.07) is 12.0. The Morgan fingerprint density at radius 3 is 2.85 bits per heavy atom. The van der Waals surface area contributed by atoms with Crippen molar-refractivity contribution in [2.45, 2.75) is 39.3 Å². The molecule has 166 valence electrons. The third kappa shape index (κ3) is 3.64. The smallest absolute Gasteiger partial charge is 0.275 e. The third-order valence-corrected chi connectivity index (χ3v) is 7.12. The number of aromatic nitrogens is 4. The average molecular weight is 458 g/mol. The largest absolute Gasteiger partial charge is 0.332 e. The summed E-state index contributed by atoms with van der Waals surface area (Å²) in [5, 5.41) is 0.968. The van der Waals surface area contributed by atoms with Gasteiger partial charge in [0.2, 0.25) is 0 Å². The minimum atomic E-state index is -0.110. The van der Waals surface area contributed by atoms with Crippen LogP contribution in [0.3, 0.4) is 0 Å². The molecule has 0 radical (unpaired) electrons. The molecule has 1 aliphatic carbocycles. The lowest BCUT2D eigenvalue weighted by Crippen LogP contribution is -2.39. The highest BCUT2D eigenvalue weighted by atomic mass is 32.1. The molecule has 0 saturated heterocycles. The van der Waals surface area contributed by atoms with Crippen LogP contribution in [0.1, 0.15) is 40.3 Å². The number of hydrogen-bond acceptors (Lipinski definition) is 6. The van der Waals surface area contributed by atoms with Crippen molar-refractivity contribution >= 4 is 28.5 Å². The first-order valence-electron chi connectivity index (χ1n) is 11.3. The van der Waals surface area contributed by atoms with Gasteiger partial charge in [-0.15, -0.1) is 0 Å². The number of benzene rings is 1. The maximum atomic E-state index is 13.8. The van der Waals surface area contributed by atoms with Crippen LogP contribution in [0.25, 0.3) is 22.0 Å². The molecule has 1 fully saturated rings. The summed E-state index contributed by atoms with van der Waals surface area (Å²) in [4.78, 5) is 33.1. The van der Waals surface area contributed by atoms with E-state index in [1.807, 2.05) is 52.8 Å². The highest BCUT2D eigenvalue weighted by Gasteiger charge is 2.30. The van der Waals surface area contributed by atoms with Crippen molar-refractivity contribution in [3.8, 4) is 11.1 Å². The second-order valence-corrected chi connectivity index (χ2v) is 9.54. The number of carbonyl (C=O) groups is 1. The van der Waals surface area contributed by atoms with Crippen molar-refractivity contribution in [3.63, 3.8) is 0 Å². The first-order valence-corrected chi connectivity index (χ1v) is 12.0. The zero-order valence-electron chi connectivity index (χ0n) is 18.3. The van der Waals surface area contributed by atoms with Crippen LogP contribution in [0.5, 0.6) is 0 Å². The Morgan fingerprint density at radius 2 is 2.06 bits per heavy atom. The van der Waals surface area contributed by atoms with E-state index in [0.29, 0.717) is 36.7 Å². The molecule has 0 spiro atoms. The Balaban J connectivity index is 1.49. The molecule has 8 heteroatoms. The average Bonchev–Trinajstić information content (AvgIpc) is 3.48. The van der Waals surface area contributed by atoms with Crippen LogP contribution in [0.15, 0.2) is 47.4 Å². The summed E-state index contributed by atoms with van der Waals surface area (Å²) in [5.41, 5.74) is 5.92. The number of rotatable bonds is 4. The van der Waals surface area contributed by atoms with Gasteiger partial charge in [-0.1, -0.05) is 18.2 Å². The molecular formula is C25H23N5O2S. The van der Waals surface area contributed by atoms with Gasteiger partial charge in [-0.25, -0.2) is 0 Å². The fraction of sp³-hybridized carbons (Fsp3) is 0.320. The highest BCUT2D eigenvalue weighted by molar-refractivity contribution is 6.99. The highest BCUT2D eigenvalue weighted by Crippen LogP contribution is 2.33. The van der Waals surface area contributed by atoms with Crippen LogP contribution < -0.4 is 5.56 Å². The molecule has 2 aliphatic rings. The number of nitrogens with zero attached hydrogens (tertiary/aromatic N) is 5. The zero-order valence-corrected chi connectivity index (χ0v) is 19.1. The number of aryl methyl sites for hydroxylation is 1.